The first-order valence-corrected chi connectivity index (χ1v) is 8.44. The zero-order valence-electron chi connectivity index (χ0n) is 12.8. The number of amides is 1. The van der Waals surface area contributed by atoms with E-state index in [0.29, 0.717) is 12.2 Å². The second kappa shape index (κ2) is 9.07. The minimum absolute atomic E-state index is 0.158. The molecule has 0 aliphatic heterocycles. The van der Waals surface area contributed by atoms with Crippen LogP contribution in [0.15, 0.2) is 30.3 Å². The normalized spacial score (nSPS) is 15.4. The average Bonchev–Trinajstić information content (AvgIpc) is 2.48. The Bertz CT molecular complexity index is 428. The van der Waals surface area contributed by atoms with Gasteiger partial charge in [-0.05, 0) is 24.9 Å². The van der Waals surface area contributed by atoms with E-state index in [1.165, 1.54) is 0 Å². The molecule has 1 amide bonds. The van der Waals surface area contributed by atoms with Crippen LogP contribution in [0, 0.1) is 0 Å². The van der Waals surface area contributed by atoms with Crippen molar-refractivity contribution < 1.29 is 9.90 Å². The fraction of sp³-hybridized carbons (Fsp3) is 0.562. The Hall–Kier alpha value is -1.04. The first kappa shape index (κ1) is 18.0. The van der Waals surface area contributed by atoms with Crippen LogP contribution in [0.3, 0.4) is 0 Å². The molecule has 5 heteroatoms. The quantitative estimate of drug-likeness (QED) is 0.617. The molecule has 0 aliphatic rings. The van der Waals surface area contributed by atoms with Gasteiger partial charge in [0.1, 0.15) is 5.54 Å². The van der Waals surface area contributed by atoms with Gasteiger partial charge in [-0.3, -0.25) is 10.1 Å². The first-order valence-electron chi connectivity index (χ1n) is 7.39. The third-order valence-electron chi connectivity index (χ3n) is 3.48. The highest BCUT2D eigenvalue weighted by Gasteiger charge is 2.38. The molecule has 118 valence electrons. The number of aliphatic hydroxyl groups excluding tert-OH is 1. The van der Waals surface area contributed by atoms with E-state index in [9.17, 15) is 4.79 Å². The van der Waals surface area contributed by atoms with Crippen LogP contribution in [0.5, 0.6) is 0 Å². The largest absolute Gasteiger partial charge is 0.396 e. The molecule has 1 aromatic rings. The van der Waals surface area contributed by atoms with Crippen molar-refractivity contribution in [3.05, 3.63) is 35.9 Å². The van der Waals surface area contributed by atoms with Gasteiger partial charge in [0.2, 0.25) is 5.91 Å². The lowest BCUT2D eigenvalue weighted by Crippen LogP contribution is -2.55. The van der Waals surface area contributed by atoms with Gasteiger partial charge in [-0.15, -0.1) is 0 Å². The Kier molecular flexibility index (Phi) is 7.78. The summed E-state index contributed by atoms with van der Waals surface area (Å²) in [6, 6.07) is 9.64. The standard InChI is InChI=1S/C16H26N2O2S/c1-3-10-18-16(15(17)20,12-21-13(2)9-11-19)14-7-5-4-6-8-14/h4-8,13,18-19H,3,9-12H2,1-2H3,(H2,17,20). The second-order valence-electron chi connectivity index (χ2n) is 5.20. The van der Waals surface area contributed by atoms with Crippen molar-refractivity contribution in [3.63, 3.8) is 0 Å². The summed E-state index contributed by atoms with van der Waals surface area (Å²) in [5, 5.41) is 12.6. The van der Waals surface area contributed by atoms with Gasteiger partial charge in [0.05, 0.1) is 0 Å². The van der Waals surface area contributed by atoms with Crippen molar-refractivity contribution in [2.45, 2.75) is 37.5 Å². The monoisotopic (exact) mass is 310 g/mol. The molecule has 0 fully saturated rings. The number of hydrogen-bond donors (Lipinski definition) is 3. The number of thioether (sulfide) groups is 1. The maximum atomic E-state index is 12.2. The van der Waals surface area contributed by atoms with Crippen LogP contribution in [-0.4, -0.2) is 35.2 Å². The molecule has 0 saturated heterocycles. The summed E-state index contributed by atoms with van der Waals surface area (Å²) in [7, 11) is 0. The number of nitrogens with one attached hydrogen (secondary N) is 1. The number of rotatable bonds is 10. The fourth-order valence-electron chi connectivity index (χ4n) is 2.13. The van der Waals surface area contributed by atoms with Crippen LogP contribution in [0.2, 0.25) is 0 Å². The van der Waals surface area contributed by atoms with E-state index in [2.05, 4.69) is 19.2 Å². The Morgan fingerprint density at radius 1 is 1.43 bits per heavy atom. The van der Waals surface area contributed by atoms with Gasteiger partial charge >= 0.3 is 0 Å². The zero-order valence-corrected chi connectivity index (χ0v) is 13.7. The maximum Gasteiger partial charge on any atom is 0.243 e. The number of hydrogen-bond acceptors (Lipinski definition) is 4. The van der Waals surface area contributed by atoms with E-state index in [-0.39, 0.29) is 17.8 Å². The van der Waals surface area contributed by atoms with Gasteiger partial charge in [0.15, 0.2) is 0 Å². The fourth-order valence-corrected chi connectivity index (χ4v) is 3.35. The highest BCUT2D eigenvalue weighted by molar-refractivity contribution is 7.99. The lowest BCUT2D eigenvalue weighted by atomic mass is 9.91. The Morgan fingerprint density at radius 2 is 2.10 bits per heavy atom. The second-order valence-corrected chi connectivity index (χ2v) is 6.62. The van der Waals surface area contributed by atoms with E-state index < -0.39 is 5.54 Å². The smallest absolute Gasteiger partial charge is 0.243 e. The van der Waals surface area contributed by atoms with E-state index in [4.69, 9.17) is 10.8 Å². The van der Waals surface area contributed by atoms with Crippen LogP contribution in [0.25, 0.3) is 0 Å². The molecule has 4 nitrogen and oxygen atoms in total. The molecule has 0 aliphatic carbocycles. The van der Waals surface area contributed by atoms with Crippen molar-refractivity contribution in [1.29, 1.82) is 0 Å². The summed E-state index contributed by atoms with van der Waals surface area (Å²) in [5.74, 6) is 0.207. The molecule has 0 bridgehead atoms. The highest BCUT2D eigenvalue weighted by Crippen LogP contribution is 2.28. The molecule has 0 radical (unpaired) electrons. The van der Waals surface area contributed by atoms with E-state index in [0.717, 1.165) is 18.5 Å². The number of carbonyl (C=O) groups excluding carboxylic acids is 1. The van der Waals surface area contributed by atoms with Gasteiger partial charge in [-0.1, -0.05) is 44.2 Å². The van der Waals surface area contributed by atoms with Gasteiger partial charge in [-0.2, -0.15) is 11.8 Å². The van der Waals surface area contributed by atoms with Gasteiger partial charge in [0, 0.05) is 17.6 Å². The molecule has 4 N–H and O–H groups in total. The predicted molar refractivity (Wildman–Crippen MR) is 89.2 cm³/mol. The van der Waals surface area contributed by atoms with E-state index in [1.807, 2.05) is 30.3 Å². The molecule has 1 rings (SSSR count). The molecule has 0 spiro atoms. The summed E-state index contributed by atoms with van der Waals surface area (Å²) in [6.07, 6.45) is 1.64. The van der Waals surface area contributed by atoms with E-state index in [1.54, 1.807) is 11.8 Å². The van der Waals surface area contributed by atoms with Gasteiger partial charge in [-0.25, -0.2) is 0 Å². The molecule has 0 saturated carbocycles. The van der Waals surface area contributed by atoms with E-state index >= 15 is 0 Å². The summed E-state index contributed by atoms with van der Waals surface area (Å²) >= 11 is 1.66. The molecular formula is C16H26N2O2S. The maximum absolute atomic E-state index is 12.2. The number of primary amides is 1. The minimum Gasteiger partial charge on any atom is -0.396 e. The lowest BCUT2D eigenvalue weighted by Gasteiger charge is -2.33. The minimum atomic E-state index is -0.856. The molecule has 0 aromatic heterocycles. The number of carbonyl (C=O) groups is 1. The highest BCUT2D eigenvalue weighted by atomic mass is 32.2. The molecular weight excluding hydrogens is 284 g/mol. The van der Waals surface area contributed by atoms with Crippen LogP contribution in [-0.2, 0) is 10.3 Å². The summed E-state index contributed by atoms with van der Waals surface area (Å²) < 4.78 is 0. The number of nitrogens with two attached hydrogens (primary N) is 1. The lowest BCUT2D eigenvalue weighted by molar-refractivity contribution is -0.123. The molecule has 0 heterocycles. The summed E-state index contributed by atoms with van der Waals surface area (Å²) in [4.78, 5) is 12.2. The predicted octanol–water partition coefficient (Wildman–Crippen LogP) is 1.87. The topological polar surface area (TPSA) is 75.3 Å². The van der Waals surface area contributed by atoms with Crippen LogP contribution in [0.4, 0.5) is 0 Å². The zero-order chi connectivity index (χ0) is 15.7. The first-order chi connectivity index (χ1) is 10.1. The third-order valence-corrected chi connectivity index (χ3v) is 4.89. The molecule has 2 unspecified atom stereocenters. The van der Waals surface area contributed by atoms with Crippen molar-refractivity contribution >= 4 is 17.7 Å². The average molecular weight is 310 g/mol. The van der Waals surface area contributed by atoms with Gasteiger partial charge in [0.25, 0.3) is 0 Å². The molecule has 21 heavy (non-hydrogen) atoms. The van der Waals surface area contributed by atoms with Crippen LogP contribution < -0.4 is 11.1 Å². The molecule has 1 aromatic carbocycles. The van der Waals surface area contributed by atoms with Gasteiger partial charge < -0.3 is 10.8 Å². The van der Waals surface area contributed by atoms with Crippen molar-refractivity contribution in [1.82, 2.24) is 5.32 Å². The number of benzene rings is 1. The van der Waals surface area contributed by atoms with Crippen molar-refractivity contribution in [2.75, 3.05) is 18.9 Å². The third kappa shape index (κ3) is 5.02. The summed E-state index contributed by atoms with van der Waals surface area (Å²) in [6.45, 7) is 5.00. The van der Waals surface area contributed by atoms with Crippen molar-refractivity contribution in [3.8, 4) is 0 Å². The SMILES string of the molecule is CCCNC(CSC(C)CCO)(C(N)=O)c1ccccc1. The Balaban J connectivity index is 2.99. The Labute approximate surface area is 131 Å². The number of aliphatic hydroxyl groups is 1. The molecule has 2 atom stereocenters. The van der Waals surface area contributed by atoms with Crippen LogP contribution >= 0.6 is 11.8 Å². The van der Waals surface area contributed by atoms with Crippen molar-refractivity contribution in [2.24, 2.45) is 5.73 Å². The summed E-state index contributed by atoms with van der Waals surface area (Å²) in [5.41, 5.74) is 5.78. The van der Waals surface area contributed by atoms with Crippen LogP contribution in [0.1, 0.15) is 32.3 Å². The Morgan fingerprint density at radius 3 is 2.62 bits per heavy atom.